The van der Waals surface area contributed by atoms with Crippen LogP contribution in [-0.4, -0.2) is 11.0 Å². The van der Waals surface area contributed by atoms with E-state index in [1.807, 2.05) is 0 Å². The van der Waals surface area contributed by atoms with E-state index in [-0.39, 0.29) is 17.7 Å². The fourth-order valence-electron chi connectivity index (χ4n) is 1.26. The summed E-state index contributed by atoms with van der Waals surface area (Å²) in [6, 6.07) is 5.65. The molecule has 0 saturated carbocycles. The first-order valence-corrected chi connectivity index (χ1v) is 4.61. The minimum atomic E-state index is -0.452. The summed E-state index contributed by atoms with van der Waals surface area (Å²) in [6.07, 6.45) is 0. The van der Waals surface area contributed by atoms with E-state index in [2.05, 4.69) is 5.32 Å². The van der Waals surface area contributed by atoms with E-state index < -0.39 is 5.43 Å². The molecule has 0 bridgehead atoms. The number of aromatic hydroxyl groups is 1. The van der Waals surface area contributed by atoms with Gasteiger partial charge in [-0.1, -0.05) is 12.1 Å². The van der Waals surface area contributed by atoms with Crippen molar-refractivity contribution in [2.24, 2.45) is 0 Å². The lowest BCUT2D eigenvalue weighted by molar-refractivity contribution is -0.119. The zero-order valence-electron chi connectivity index (χ0n) is 8.65. The molecule has 0 aliphatic heterocycles. The Balaban J connectivity index is 3.06. The molecule has 4 heteroatoms. The number of carbonyl (C=O) groups is 1. The number of hydrogen-bond acceptors (Lipinski definition) is 3. The molecular formula is C11H13NO3. The van der Waals surface area contributed by atoms with Gasteiger partial charge in [0.15, 0.2) is 5.75 Å². The van der Waals surface area contributed by atoms with Crippen LogP contribution in [0.15, 0.2) is 29.1 Å². The van der Waals surface area contributed by atoms with Gasteiger partial charge < -0.3 is 10.4 Å². The molecule has 1 atom stereocenters. The topological polar surface area (TPSA) is 66.4 Å². The first-order valence-electron chi connectivity index (χ1n) is 4.61. The van der Waals surface area contributed by atoms with Crippen molar-refractivity contribution < 1.29 is 9.90 Å². The van der Waals surface area contributed by atoms with Crippen LogP contribution < -0.4 is 10.7 Å². The van der Waals surface area contributed by atoms with Crippen LogP contribution in [0.25, 0.3) is 0 Å². The van der Waals surface area contributed by atoms with Crippen LogP contribution in [0.2, 0.25) is 0 Å². The van der Waals surface area contributed by atoms with Gasteiger partial charge in [0.1, 0.15) is 0 Å². The highest BCUT2D eigenvalue weighted by Gasteiger charge is 2.06. The van der Waals surface area contributed by atoms with Gasteiger partial charge in [0.05, 0.1) is 6.04 Å². The van der Waals surface area contributed by atoms with Crippen molar-refractivity contribution in [3.8, 4) is 5.75 Å². The van der Waals surface area contributed by atoms with Gasteiger partial charge in [-0.15, -0.1) is 0 Å². The number of nitrogens with one attached hydrogen (secondary N) is 1. The average Bonchev–Trinajstić information content (AvgIpc) is 2.28. The van der Waals surface area contributed by atoms with Gasteiger partial charge in [0.2, 0.25) is 11.3 Å². The van der Waals surface area contributed by atoms with E-state index in [9.17, 15) is 9.59 Å². The van der Waals surface area contributed by atoms with Crippen molar-refractivity contribution in [2.75, 3.05) is 0 Å². The Bertz CT molecular complexity index is 428. The Labute approximate surface area is 87.6 Å². The molecule has 1 unspecified atom stereocenters. The second-order valence-electron chi connectivity index (χ2n) is 3.34. The first-order chi connectivity index (χ1) is 7.00. The van der Waals surface area contributed by atoms with E-state index in [1.54, 1.807) is 19.1 Å². The molecule has 0 aliphatic carbocycles. The maximum absolute atomic E-state index is 11.3. The number of rotatable bonds is 2. The third-order valence-corrected chi connectivity index (χ3v) is 2.01. The number of hydrogen-bond donors (Lipinski definition) is 2. The van der Waals surface area contributed by atoms with E-state index in [4.69, 9.17) is 5.11 Å². The fourth-order valence-corrected chi connectivity index (χ4v) is 1.26. The molecule has 2 N–H and O–H groups in total. The second kappa shape index (κ2) is 4.59. The van der Waals surface area contributed by atoms with Gasteiger partial charge in [0.25, 0.3) is 0 Å². The third-order valence-electron chi connectivity index (χ3n) is 2.01. The summed E-state index contributed by atoms with van der Waals surface area (Å²) in [6.45, 7) is 3.18. The lowest BCUT2D eigenvalue weighted by Crippen LogP contribution is -2.23. The smallest absolute Gasteiger partial charge is 0.220 e. The SMILES string of the molecule is CC(=O)NC(C)c1cccc(O)c(=O)c1. The van der Waals surface area contributed by atoms with Crippen molar-refractivity contribution in [3.63, 3.8) is 0 Å². The zero-order chi connectivity index (χ0) is 11.4. The van der Waals surface area contributed by atoms with Crippen molar-refractivity contribution in [1.82, 2.24) is 5.32 Å². The van der Waals surface area contributed by atoms with Gasteiger partial charge >= 0.3 is 0 Å². The van der Waals surface area contributed by atoms with E-state index in [0.717, 1.165) is 0 Å². The molecule has 15 heavy (non-hydrogen) atoms. The van der Waals surface area contributed by atoms with Crippen LogP contribution in [0.5, 0.6) is 5.75 Å². The Kier molecular flexibility index (Phi) is 3.44. The van der Waals surface area contributed by atoms with Gasteiger partial charge in [-0.05, 0) is 24.6 Å². The predicted octanol–water partition coefficient (Wildman–Crippen LogP) is 0.950. The highest BCUT2D eigenvalue weighted by Crippen LogP contribution is 2.10. The molecule has 4 nitrogen and oxygen atoms in total. The molecule has 0 aliphatic rings. The monoisotopic (exact) mass is 207 g/mol. The molecule has 1 amide bonds. The summed E-state index contributed by atoms with van der Waals surface area (Å²) in [5.41, 5.74) is 0.211. The predicted molar refractivity (Wildman–Crippen MR) is 56.6 cm³/mol. The van der Waals surface area contributed by atoms with Crippen molar-refractivity contribution in [3.05, 3.63) is 40.1 Å². The number of amides is 1. The van der Waals surface area contributed by atoms with E-state index >= 15 is 0 Å². The molecule has 0 radical (unpaired) electrons. The third kappa shape index (κ3) is 3.09. The van der Waals surface area contributed by atoms with Gasteiger partial charge in [0, 0.05) is 6.92 Å². The molecule has 1 aromatic carbocycles. The maximum atomic E-state index is 11.3. The van der Waals surface area contributed by atoms with Gasteiger partial charge in [-0.2, -0.15) is 0 Å². The second-order valence-corrected chi connectivity index (χ2v) is 3.34. The zero-order valence-corrected chi connectivity index (χ0v) is 8.65. The van der Waals surface area contributed by atoms with Crippen LogP contribution in [0.3, 0.4) is 0 Å². The van der Waals surface area contributed by atoms with E-state index in [0.29, 0.717) is 5.56 Å². The molecular weight excluding hydrogens is 194 g/mol. The van der Waals surface area contributed by atoms with Crippen molar-refractivity contribution in [1.29, 1.82) is 0 Å². The standard InChI is InChI=1S/C11H13NO3/c1-7(12-8(2)13)9-4-3-5-10(14)11(15)6-9/h3-7H,1-2H3,(H,12,13)(H,14,15). The summed E-state index contributed by atoms with van der Waals surface area (Å²) in [5, 5.41) is 11.8. The van der Waals surface area contributed by atoms with Crippen molar-refractivity contribution >= 4 is 5.91 Å². The Hall–Kier alpha value is -1.84. The van der Waals surface area contributed by atoms with Gasteiger partial charge in [-0.25, -0.2) is 0 Å². The van der Waals surface area contributed by atoms with Crippen molar-refractivity contribution in [2.45, 2.75) is 19.9 Å². The molecule has 0 spiro atoms. The molecule has 80 valence electrons. The average molecular weight is 207 g/mol. The van der Waals surface area contributed by atoms with E-state index in [1.165, 1.54) is 19.1 Å². The largest absolute Gasteiger partial charge is 0.504 e. The normalized spacial score (nSPS) is 11.9. The van der Waals surface area contributed by atoms with Crippen LogP contribution >= 0.6 is 0 Å². The molecule has 0 aromatic heterocycles. The Morgan fingerprint density at radius 1 is 1.47 bits per heavy atom. The minimum absolute atomic E-state index is 0.161. The molecule has 0 saturated heterocycles. The molecule has 0 fully saturated rings. The summed E-state index contributed by atoms with van der Waals surface area (Å²) < 4.78 is 0. The molecule has 1 rings (SSSR count). The lowest BCUT2D eigenvalue weighted by Gasteiger charge is -2.10. The molecule has 0 heterocycles. The van der Waals surface area contributed by atoms with Crippen LogP contribution in [0.1, 0.15) is 25.5 Å². The summed E-state index contributed by atoms with van der Waals surface area (Å²) >= 11 is 0. The lowest BCUT2D eigenvalue weighted by atomic mass is 10.1. The quantitative estimate of drug-likeness (QED) is 0.758. The summed E-state index contributed by atoms with van der Waals surface area (Å²) in [5.74, 6) is -0.457. The highest BCUT2D eigenvalue weighted by molar-refractivity contribution is 5.73. The summed E-state index contributed by atoms with van der Waals surface area (Å²) in [4.78, 5) is 22.1. The fraction of sp³-hybridized carbons (Fsp3) is 0.273. The minimum Gasteiger partial charge on any atom is -0.504 e. The molecule has 1 aromatic rings. The Morgan fingerprint density at radius 2 is 2.13 bits per heavy atom. The Morgan fingerprint density at radius 3 is 2.73 bits per heavy atom. The summed E-state index contributed by atoms with van der Waals surface area (Å²) in [7, 11) is 0. The maximum Gasteiger partial charge on any atom is 0.220 e. The van der Waals surface area contributed by atoms with Crippen LogP contribution in [0, 0.1) is 0 Å². The number of carbonyl (C=O) groups excluding carboxylic acids is 1. The van der Waals surface area contributed by atoms with Gasteiger partial charge in [-0.3, -0.25) is 9.59 Å². The first kappa shape index (κ1) is 11.2. The highest BCUT2D eigenvalue weighted by atomic mass is 16.3. The van der Waals surface area contributed by atoms with Crippen LogP contribution in [0.4, 0.5) is 0 Å². The van der Waals surface area contributed by atoms with Crippen LogP contribution in [-0.2, 0) is 4.79 Å².